The number of hydrogen-bond acceptors (Lipinski definition) is 1. The third-order valence-electron chi connectivity index (χ3n) is 3.44. The number of halogens is 3. The second kappa shape index (κ2) is 5.33. The maximum atomic E-state index is 13.5. The Bertz CT molecular complexity index is 830. The molecular weight excluding hydrogens is 289 g/mol. The van der Waals surface area contributed by atoms with Gasteiger partial charge in [-0.05, 0) is 23.8 Å². The molecule has 5 heteroatoms. The average Bonchev–Trinajstić information content (AvgIpc) is 2.82. The minimum absolute atomic E-state index is 0.141. The van der Waals surface area contributed by atoms with Crippen molar-refractivity contribution in [3.05, 3.63) is 66.0 Å². The molecule has 1 aromatic carbocycles. The highest BCUT2D eigenvalue weighted by molar-refractivity contribution is 5.97. The van der Waals surface area contributed by atoms with Crippen LogP contribution in [0.15, 0.2) is 54.9 Å². The summed E-state index contributed by atoms with van der Waals surface area (Å²) in [5, 5.41) is 0.490. The van der Waals surface area contributed by atoms with Gasteiger partial charge in [-0.1, -0.05) is 30.3 Å². The molecule has 0 atom stereocenters. The van der Waals surface area contributed by atoms with Crippen LogP contribution in [0, 0.1) is 0 Å². The second-order valence-corrected chi connectivity index (χ2v) is 4.99. The van der Waals surface area contributed by atoms with Crippen LogP contribution in [-0.4, -0.2) is 15.7 Å². The van der Waals surface area contributed by atoms with Gasteiger partial charge in [-0.25, -0.2) is 4.98 Å². The van der Waals surface area contributed by atoms with Crippen molar-refractivity contribution in [1.29, 1.82) is 0 Å². The number of alkyl halides is 3. The third kappa shape index (κ3) is 2.62. The van der Waals surface area contributed by atoms with Gasteiger partial charge in [0, 0.05) is 30.4 Å². The van der Waals surface area contributed by atoms with Gasteiger partial charge < -0.3 is 4.57 Å². The molecule has 0 N–H and O–H groups in total. The largest absolute Gasteiger partial charge is 0.417 e. The van der Waals surface area contributed by atoms with Gasteiger partial charge in [0.15, 0.2) is 0 Å². The van der Waals surface area contributed by atoms with Crippen LogP contribution in [0.5, 0.6) is 0 Å². The number of allylic oxidation sites excluding steroid dienone is 1. The molecule has 2 heterocycles. The Morgan fingerprint density at radius 2 is 1.82 bits per heavy atom. The molecule has 0 saturated heterocycles. The lowest BCUT2D eigenvalue weighted by atomic mass is 10.0. The lowest BCUT2D eigenvalue weighted by Gasteiger charge is -2.11. The topological polar surface area (TPSA) is 17.8 Å². The fourth-order valence-corrected chi connectivity index (χ4v) is 2.46. The van der Waals surface area contributed by atoms with Crippen molar-refractivity contribution in [2.24, 2.45) is 7.05 Å². The van der Waals surface area contributed by atoms with Crippen molar-refractivity contribution >= 4 is 22.7 Å². The molecule has 0 bridgehead atoms. The molecule has 0 amide bonds. The number of pyridine rings is 1. The molecule has 0 aliphatic rings. The van der Waals surface area contributed by atoms with Crippen LogP contribution in [0.3, 0.4) is 0 Å². The molecule has 0 radical (unpaired) electrons. The van der Waals surface area contributed by atoms with Crippen LogP contribution in [0.2, 0.25) is 0 Å². The summed E-state index contributed by atoms with van der Waals surface area (Å²) in [7, 11) is 1.69. The number of rotatable bonds is 2. The fourth-order valence-electron chi connectivity index (χ4n) is 2.46. The number of nitrogens with zero attached hydrogens (tertiary/aromatic N) is 2. The highest BCUT2D eigenvalue weighted by Gasteiger charge is 2.36. The maximum Gasteiger partial charge on any atom is 0.417 e. The molecule has 2 nitrogen and oxygen atoms in total. The highest BCUT2D eigenvalue weighted by Crippen LogP contribution is 2.38. The van der Waals surface area contributed by atoms with Gasteiger partial charge in [0.2, 0.25) is 0 Å². The SMILES string of the molecule is Cn1cc(C(=Cc2ccccc2)C(F)(F)F)c2cccnc21. The van der Waals surface area contributed by atoms with Crippen molar-refractivity contribution < 1.29 is 13.2 Å². The Morgan fingerprint density at radius 1 is 1.09 bits per heavy atom. The molecule has 3 rings (SSSR count). The van der Waals surface area contributed by atoms with Crippen molar-refractivity contribution in [3.8, 4) is 0 Å². The average molecular weight is 302 g/mol. The lowest BCUT2D eigenvalue weighted by Crippen LogP contribution is -2.10. The van der Waals surface area contributed by atoms with Gasteiger partial charge in [0.25, 0.3) is 0 Å². The van der Waals surface area contributed by atoms with Gasteiger partial charge in [0.05, 0.1) is 5.57 Å². The van der Waals surface area contributed by atoms with Crippen molar-refractivity contribution in [1.82, 2.24) is 9.55 Å². The fraction of sp³-hybridized carbons (Fsp3) is 0.118. The van der Waals surface area contributed by atoms with Gasteiger partial charge in [0.1, 0.15) is 5.65 Å². The second-order valence-electron chi connectivity index (χ2n) is 4.99. The first-order valence-corrected chi connectivity index (χ1v) is 6.71. The van der Waals surface area contributed by atoms with E-state index in [1.54, 1.807) is 60.3 Å². The van der Waals surface area contributed by atoms with Gasteiger partial charge >= 0.3 is 6.18 Å². The van der Waals surface area contributed by atoms with Crippen molar-refractivity contribution in [2.75, 3.05) is 0 Å². The molecule has 0 aliphatic heterocycles. The van der Waals surface area contributed by atoms with E-state index >= 15 is 0 Å². The Kier molecular flexibility index (Phi) is 3.48. The number of benzene rings is 1. The smallest absolute Gasteiger partial charge is 0.335 e. The summed E-state index contributed by atoms with van der Waals surface area (Å²) < 4.78 is 42.2. The zero-order chi connectivity index (χ0) is 15.7. The monoisotopic (exact) mass is 302 g/mol. The molecule has 0 unspecified atom stereocenters. The Hall–Kier alpha value is -2.56. The molecule has 22 heavy (non-hydrogen) atoms. The summed E-state index contributed by atoms with van der Waals surface area (Å²) >= 11 is 0. The van der Waals surface area contributed by atoms with Gasteiger partial charge in [-0.3, -0.25) is 0 Å². The van der Waals surface area contributed by atoms with Crippen LogP contribution >= 0.6 is 0 Å². The summed E-state index contributed by atoms with van der Waals surface area (Å²) in [6.45, 7) is 0. The summed E-state index contributed by atoms with van der Waals surface area (Å²) in [5.41, 5.74) is 0.510. The number of fused-ring (bicyclic) bond motifs is 1. The van der Waals surface area contributed by atoms with Crippen molar-refractivity contribution in [2.45, 2.75) is 6.18 Å². The molecule has 0 saturated carbocycles. The minimum Gasteiger partial charge on any atom is -0.335 e. The summed E-state index contributed by atoms with van der Waals surface area (Å²) in [6.07, 6.45) is -0.234. The first kappa shape index (κ1) is 14.4. The number of hydrogen-bond donors (Lipinski definition) is 0. The van der Waals surface area contributed by atoms with Gasteiger partial charge in [-0.2, -0.15) is 13.2 Å². The molecule has 2 aromatic heterocycles. The van der Waals surface area contributed by atoms with Crippen LogP contribution in [0.4, 0.5) is 13.2 Å². The molecular formula is C17H13F3N2. The third-order valence-corrected chi connectivity index (χ3v) is 3.44. The summed E-state index contributed by atoms with van der Waals surface area (Å²) in [5.74, 6) is 0. The van der Waals surface area contributed by atoms with E-state index in [1.807, 2.05) is 0 Å². The van der Waals surface area contributed by atoms with Gasteiger partial charge in [-0.15, -0.1) is 0 Å². The van der Waals surface area contributed by atoms with E-state index in [9.17, 15) is 13.2 Å². The van der Waals surface area contributed by atoms with E-state index in [0.29, 0.717) is 16.6 Å². The van der Waals surface area contributed by atoms with Crippen LogP contribution in [0.25, 0.3) is 22.7 Å². The van der Waals surface area contributed by atoms with E-state index in [2.05, 4.69) is 4.98 Å². The van der Waals surface area contributed by atoms with E-state index in [4.69, 9.17) is 0 Å². The quantitative estimate of drug-likeness (QED) is 0.672. The maximum absolute atomic E-state index is 13.5. The summed E-state index contributed by atoms with van der Waals surface area (Å²) in [6, 6.07) is 11.8. The standard InChI is InChI=1S/C17H13F3N2/c1-22-11-14(13-8-5-9-21-16(13)22)15(17(18,19)20)10-12-6-3-2-4-7-12/h2-11H,1H3. The minimum atomic E-state index is -4.44. The van der Waals surface area contributed by atoms with Crippen LogP contribution in [0.1, 0.15) is 11.1 Å². The Labute approximate surface area is 125 Å². The van der Waals surface area contributed by atoms with E-state index in [-0.39, 0.29) is 5.56 Å². The van der Waals surface area contributed by atoms with E-state index in [1.165, 1.54) is 12.3 Å². The molecule has 0 spiro atoms. The van der Waals surface area contributed by atoms with Crippen LogP contribution < -0.4 is 0 Å². The Morgan fingerprint density at radius 3 is 2.50 bits per heavy atom. The number of aromatic nitrogens is 2. The first-order valence-electron chi connectivity index (χ1n) is 6.71. The summed E-state index contributed by atoms with van der Waals surface area (Å²) in [4.78, 5) is 4.14. The number of aryl methyl sites for hydroxylation is 1. The first-order chi connectivity index (χ1) is 10.5. The Balaban J connectivity index is 2.24. The zero-order valence-electron chi connectivity index (χ0n) is 11.8. The van der Waals surface area contributed by atoms with Crippen LogP contribution in [-0.2, 0) is 7.05 Å². The van der Waals surface area contributed by atoms with Crippen molar-refractivity contribution in [3.63, 3.8) is 0 Å². The lowest BCUT2D eigenvalue weighted by molar-refractivity contribution is -0.0682. The predicted octanol–water partition coefficient (Wildman–Crippen LogP) is 4.68. The normalized spacial score (nSPS) is 12.8. The molecule has 0 aliphatic carbocycles. The predicted molar refractivity (Wildman–Crippen MR) is 81.1 cm³/mol. The highest BCUT2D eigenvalue weighted by atomic mass is 19.4. The molecule has 3 aromatic rings. The van der Waals surface area contributed by atoms with E-state index < -0.39 is 11.7 Å². The molecule has 0 fully saturated rings. The zero-order valence-corrected chi connectivity index (χ0v) is 11.8. The van der Waals surface area contributed by atoms with E-state index in [0.717, 1.165) is 0 Å². The molecule has 112 valence electrons.